The van der Waals surface area contributed by atoms with Gasteiger partial charge in [0, 0.05) is 11.6 Å². The van der Waals surface area contributed by atoms with Crippen LogP contribution in [0.5, 0.6) is 0 Å². The van der Waals surface area contributed by atoms with Crippen molar-refractivity contribution in [2.45, 2.75) is 45.6 Å². The van der Waals surface area contributed by atoms with Crippen molar-refractivity contribution in [3.8, 4) is 11.4 Å². The van der Waals surface area contributed by atoms with E-state index in [1.807, 2.05) is 26.0 Å². The lowest BCUT2D eigenvalue weighted by Gasteiger charge is -2.09. The monoisotopic (exact) mass is 259 g/mol. The first-order valence-corrected chi connectivity index (χ1v) is 6.68. The number of benzene rings is 1. The van der Waals surface area contributed by atoms with Gasteiger partial charge in [0.2, 0.25) is 11.7 Å². The van der Waals surface area contributed by atoms with E-state index in [-0.39, 0.29) is 12.0 Å². The fourth-order valence-corrected chi connectivity index (χ4v) is 1.78. The maximum absolute atomic E-state index is 5.84. The highest BCUT2D eigenvalue weighted by Gasteiger charge is 2.18. The van der Waals surface area contributed by atoms with E-state index < -0.39 is 0 Å². The Morgan fingerprint density at radius 1 is 1.05 bits per heavy atom. The van der Waals surface area contributed by atoms with Crippen molar-refractivity contribution >= 4 is 0 Å². The molecule has 2 atom stereocenters. The van der Waals surface area contributed by atoms with Crippen LogP contribution in [0.25, 0.3) is 11.4 Å². The van der Waals surface area contributed by atoms with Crippen LogP contribution in [0.2, 0.25) is 0 Å². The van der Waals surface area contributed by atoms with E-state index in [0.29, 0.717) is 17.6 Å². The Hall–Kier alpha value is -1.68. The molecule has 0 aliphatic heterocycles. The third kappa shape index (κ3) is 3.01. The van der Waals surface area contributed by atoms with Crippen LogP contribution in [0.15, 0.2) is 28.8 Å². The Balaban J connectivity index is 2.23. The minimum absolute atomic E-state index is 0.00313. The number of nitrogens with zero attached hydrogens (tertiary/aromatic N) is 2. The van der Waals surface area contributed by atoms with Crippen LogP contribution in [0.4, 0.5) is 0 Å². The third-order valence-electron chi connectivity index (χ3n) is 3.46. The van der Waals surface area contributed by atoms with Gasteiger partial charge >= 0.3 is 0 Å². The standard InChI is InChI=1S/C15H21N3O/c1-9(2)12-5-7-13(8-6-12)14-17-15(19-18-14)10(3)11(4)16/h5-11H,16H2,1-4H3. The summed E-state index contributed by atoms with van der Waals surface area (Å²) in [5.74, 6) is 1.81. The SMILES string of the molecule is CC(C)c1ccc(-c2noc(C(C)C(C)N)n2)cc1. The molecular weight excluding hydrogens is 238 g/mol. The molecular formula is C15H21N3O. The van der Waals surface area contributed by atoms with Crippen molar-refractivity contribution in [2.24, 2.45) is 5.73 Å². The van der Waals surface area contributed by atoms with Gasteiger partial charge in [0.1, 0.15) is 0 Å². The molecule has 0 saturated carbocycles. The molecule has 0 aliphatic rings. The zero-order chi connectivity index (χ0) is 14.0. The second-order valence-corrected chi connectivity index (χ2v) is 5.38. The second kappa shape index (κ2) is 5.53. The Kier molecular flexibility index (Phi) is 4.00. The lowest BCUT2D eigenvalue weighted by atomic mass is 10.0. The first-order chi connectivity index (χ1) is 8.99. The second-order valence-electron chi connectivity index (χ2n) is 5.38. The van der Waals surface area contributed by atoms with E-state index in [4.69, 9.17) is 10.3 Å². The van der Waals surface area contributed by atoms with Crippen LogP contribution in [-0.4, -0.2) is 16.2 Å². The molecule has 0 bridgehead atoms. The number of hydrogen-bond donors (Lipinski definition) is 1. The summed E-state index contributed by atoms with van der Waals surface area (Å²) in [6.45, 7) is 8.27. The zero-order valence-corrected chi connectivity index (χ0v) is 11.9. The quantitative estimate of drug-likeness (QED) is 0.914. The van der Waals surface area contributed by atoms with Crippen molar-refractivity contribution in [1.82, 2.24) is 10.1 Å². The highest BCUT2D eigenvalue weighted by atomic mass is 16.5. The normalized spacial score (nSPS) is 14.6. The first-order valence-electron chi connectivity index (χ1n) is 6.68. The van der Waals surface area contributed by atoms with Gasteiger partial charge in [-0.3, -0.25) is 0 Å². The number of nitrogens with two attached hydrogens (primary N) is 1. The summed E-state index contributed by atoms with van der Waals surface area (Å²) in [5, 5.41) is 4.02. The molecule has 1 aromatic carbocycles. The van der Waals surface area contributed by atoms with Gasteiger partial charge in [-0.2, -0.15) is 4.98 Å². The van der Waals surface area contributed by atoms with Gasteiger partial charge in [-0.05, 0) is 18.4 Å². The molecule has 0 radical (unpaired) electrons. The molecule has 1 heterocycles. The van der Waals surface area contributed by atoms with Gasteiger partial charge in [0.05, 0.1) is 5.92 Å². The van der Waals surface area contributed by atoms with Crippen LogP contribution in [-0.2, 0) is 0 Å². The summed E-state index contributed by atoms with van der Waals surface area (Å²) in [6, 6.07) is 8.26. The first kappa shape index (κ1) is 13.7. The topological polar surface area (TPSA) is 64.9 Å². The maximum Gasteiger partial charge on any atom is 0.231 e. The van der Waals surface area contributed by atoms with Crippen LogP contribution in [0.3, 0.4) is 0 Å². The molecule has 2 unspecified atom stereocenters. The molecule has 0 aliphatic carbocycles. The largest absolute Gasteiger partial charge is 0.339 e. The van der Waals surface area contributed by atoms with Gasteiger partial charge in [0.25, 0.3) is 0 Å². The molecule has 4 nitrogen and oxygen atoms in total. The molecule has 1 aromatic heterocycles. The third-order valence-corrected chi connectivity index (χ3v) is 3.46. The van der Waals surface area contributed by atoms with Crippen LogP contribution in [0, 0.1) is 0 Å². The number of rotatable bonds is 4. The fraction of sp³-hybridized carbons (Fsp3) is 0.467. The summed E-state index contributed by atoms with van der Waals surface area (Å²) in [6.07, 6.45) is 0. The molecule has 2 N–H and O–H groups in total. The van der Waals surface area contributed by atoms with Gasteiger partial charge in [-0.15, -0.1) is 0 Å². The van der Waals surface area contributed by atoms with E-state index in [0.717, 1.165) is 5.56 Å². The minimum Gasteiger partial charge on any atom is -0.339 e. The summed E-state index contributed by atoms with van der Waals surface area (Å²) in [4.78, 5) is 4.42. The molecule has 19 heavy (non-hydrogen) atoms. The lowest BCUT2D eigenvalue weighted by molar-refractivity contribution is 0.347. The molecule has 102 valence electrons. The highest BCUT2D eigenvalue weighted by molar-refractivity contribution is 5.54. The summed E-state index contributed by atoms with van der Waals surface area (Å²) in [5.41, 5.74) is 8.11. The Morgan fingerprint density at radius 2 is 1.68 bits per heavy atom. The predicted octanol–water partition coefficient (Wildman–Crippen LogP) is 3.31. The number of hydrogen-bond acceptors (Lipinski definition) is 4. The molecule has 2 aromatic rings. The molecule has 2 rings (SSSR count). The van der Waals surface area contributed by atoms with Gasteiger partial charge < -0.3 is 10.3 Å². The van der Waals surface area contributed by atoms with E-state index >= 15 is 0 Å². The van der Waals surface area contributed by atoms with Crippen molar-refractivity contribution < 1.29 is 4.52 Å². The van der Waals surface area contributed by atoms with E-state index in [1.165, 1.54) is 5.56 Å². The van der Waals surface area contributed by atoms with Gasteiger partial charge in [-0.1, -0.05) is 50.2 Å². The molecule has 0 spiro atoms. The highest BCUT2D eigenvalue weighted by Crippen LogP contribution is 2.23. The van der Waals surface area contributed by atoms with Gasteiger partial charge in [-0.25, -0.2) is 0 Å². The lowest BCUT2D eigenvalue weighted by Crippen LogP contribution is -2.22. The molecule has 0 saturated heterocycles. The summed E-state index contributed by atoms with van der Waals surface area (Å²) < 4.78 is 5.28. The fourth-order valence-electron chi connectivity index (χ4n) is 1.78. The molecule has 0 amide bonds. The Bertz CT molecular complexity index is 529. The number of aromatic nitrogens is 2. The Morgan fingerprint density at radius 3 is 2.21 bits per heavy atom. The van der Waals surface area contributed by atoms with Gasteiger partial charge in [0.15, 0.2) is 0 Å². The smallest absolute Gasteiger partial charge is 0.231 e. The van der Waals surface area contributed by atoms with E-state index in [2.05, 4.69) is 36.1 Å². The minimum atomic E-state index is -0.00313. The van der Waals surface area contributed by atoms with E-state index in [9.17, 15) is 0 Å². The van der Waals surface area contributed by atoms with E-state index in [1.54, 1.807) is 0 Å². The maximum atomic E-state index is 5.84. The van der Waals surface area contributed by atoms with Crippen molar-refractivity contribution in [3.63, 3.8) is 0 Å². The Labute approximate surface area is 114 Å². The van der Waals surface area contributed by atoms with Crippen molar-refractivity contribution in [3.05, 3.63) is 35.7 Å². The average Bonchev–Trinajstić information content (AvgIpc) is 2.87. The molecule has 4 heteroatoms. The van der Waals surface area contributed by atoms with Crippen LogP contribution < -0.4 is 5.73 Å². The molecule has 0 fully saturated rings. The van der Waals surface area contributed by atoms with Crippen molar-refractivity contribution in [1.29, 1.82) is 0 Å². The van der Waals surface area contributed by atoms with Crippen molar-refractivity contribution in [2.75, 3.05) is 0 Å². The summed E-state index contributed by atoms with van der Waals surface area (Å²) >= 11 is 0. The summed E-state index contributed by atoms with van der Waals surface area (Å²) in [7, 11) is 0. The average molecular weight is 259 g/mol. The van der Waals surface area contributed by atoms with Crippen LogP contribution in [0.1, 0.15) is 51.0 Å². The zero-order valence-electron chi connectivity index (χ0n) is 11.9. The predicted molar refractivity (Wildman–Crippen MR) is 75.9 cm³/mol. The van der Waals surface area contributed by atoms with Crippen LogP contribution >= 0.6 is 0 Å².